The number of methoxy groups -OCH3 is 2. The van der Waals surface area contributed by atoms with Crippen LogP contribution in [0.15, 0.2) is 66.7 Å². The van der Waals surface area contributed by atoms with Crippen molar-refractivity contribution in [3.8, 4) is 11.5 Å². The molecule has 1 aliphatic heterocycles. The van der Waals surface area contributed by atoms with Crippen molar-refractivity contribution in [3.05, 3.63) is 95.1 Å². The van der Waals surface area contributed by atoms with Gasteiger partial charge in [-0.3, -0.25) is 9.59 Å². The Bertz CT molecular complexity index is 1220. The Kier molecular flexibility index (Phi) is 7.29. The monoisotopic (exact) mass is 480 g/mol. The molecular formula is C27H26F2N2O4. The molecule has 4 rings (SSSR count). The van der Waals surface area contributed by atoms with E-state index in [9.17, 15) is 18.4 Å². The highest BCUT2D eigenvalue weighted by molar-refractivity contribution is 5.95. The van der Waals surface area contributed by atoms with Crippen LogP contribution in [0.1, 0.15) is 27.4 Å². The molecule has 0 saturated carbocycles. The summed E-state index contributed by atoms with van der Waals surface area (Å²) in [6.07, 6.45) is 0. The molecule has 0 radical (unpaired) electrons. The zero-order chi connectivity index (χ0) is 24.9. The number of ether oxygens (including phenoxy) is 2. The SMILES string of the molecule is COc1ccc(OC)c([C@H]2CN(C(=O)c3ccccc3F)C[C@H]2C(=O)NCc2ccc(F)cc2)c1. The van der Waals surface area contributed by atoms with Gasteiger partial charge in [0.2, 0.25) is 5.91 Å². The second-order valence-corrected chi connectivity index (χ2v) is 8.36. The third kappa shape index (κ3) is 5.26. The van der Waals surface area contributed by atoms with Crippen molar-refractivity contribution < 1.29 is 27.8 Å². The maximum atomic E-state index is 14.3. The summed E-state index contributed by atoms with van der Waals surface area (Å²) in [4.78, 5) is 28.0. The van der Waals surface area contributed by atoms with Crippen LogP contribution in [0.4, 0.5) is 8.78 Å². The zero-order valence-electron chi connectivity index (χ0n) is 19.5. The van der Waals surface area contributed by atoms with E-state index >= 15 is 0 Å². The number of rotatable bonds is 7. The molecule has 2 amide bonds. The van der Waals surface area contributed by atoms with Crippen LogP contribution in [-0.2, 0) is 11.3 Å². The first kappa shape index (κ1) is 24.2. The number of amides is 2. The molecule has 2 atom stereocenters. The van der Waals surface area contributed by atoms with Gasteiger partial charge in [0.05, 0.1) is 25.7 Å². The van der Waals surface area contributed by atoms with E-state index in [0.29, 0.717) is 11.5 Å². The number of carbonyl (C=O) groups is 2. The number of likely N-dealkylation sites (tertiary alicyclic amines) is 1. The van der Waals surface area contributed by atoms with E-state index in [1.807, 2.05) is 0 Å². The van der Waals surface area contributed by atoms with E-state index in [1.165, 1.54) is 42.3 Å². The Morgan fingerprint density at radius 1 is 0.971 bits per heavy atom. The number of benzene rings is 3. The fourth-order valence-corrected chi connectivity index (χ4v) is 4.41. The second-order valence-electron chi connectivity index (χ2n) is 8.36. The van der Waals surface area contributed by atoms with Crippen molar-refractivity contribution in [1.82, 2.24) is 10.2 Å². The Morgan fingerprint density at radius 3 is 2.40 bits per heavy atom. The van der Waals surface area contributed by atoms with Gasteiger partial charge in [0.1, 0.15) is 23.1 Å². The van der Waals surface area contributed by atoms with Gasteiger partial charge in [-0.25, -0.2) is 8.78 Å². The summed E-state index contributed by atoms with van der Waals surface area (Å²) in [5.41, 5.74) is 1.42. The van der Waals surface area contributed by atoms with Gasteiger partial charge in [-0.1, -0.05) is 24.3 Å². The number of hydrogen-bond acceptors (Lipinski definition) is 4. The minimum atomic E-state index is -0.618. The van der Waals surface area contributed by atoms with Gasteiger partial charge in [0, 0.05) is 31.1 Å². The maximum absolute atomic E-state index is 14.3. The van der Waals surface area contributed by atoms with E-state index in [1.54, 1.807) is 43.5 Å². The summed E-state index contributed by atoms with van der Waals surface area (Å²) in [6, 6.07) is 16.9. The number of hydrogen-bond donors (Lipinski definition) is 1. The Hall–Kier alpha value is -3.94. The predicted molar refractivity (Wildman–Crippen MR) is 126 cm³/mol. The number of carbonyl (C=O) groups excluding carboxylic acids is 2. The van der Waals surface area contributed by atoms with Crippen LogP contribution in [0.25, 0.3) is 0 Å². The summed E-state index contributed by atoms with van der Waals surface area (Å²) in [5.74, 6) is -1.61. The lowest BCUT2D eigenvalue weighted by molar-refractivity contribution is -0.125. The van der Waals surface area contributed by atoms with E-state index in [4.69, 9.17) is 9.47 Å². The molecule has 0 spiro atoms. The lowest BCUT2D eigenvalue weighted by atomic mass is 9.87. The van der Waals surface area contributed by atoms with E-state index in [-0.39, 0.29) is 36.9 Å². The van der Waals surface area contributed by atoms with E-state index in [0.717, 1.165) is 11.1 Å². The van der Waals surface area contributed by atoms with E-state index in [2.05, 4.69) is 5.32 Å². The van der Waals surface area contributed by atoms with Gasteiger partial charge in [0.25, 0.3) is 5.91 Å². The Labute approximate surface area is 202 Å². The molecule has 3 aromatic carbocycles. The van der Waals surface area contributed by atoms with Crippen LogP contribution in [0, 0.1) is 17.6 Å². The molecule has 8 heteroatoms. The standard InChI is InChI=1S/C27H26F2N2O4/c1-34-19-11-12-25(35-2)21(13-19)22-15-31(27(33)20-5-3-4-6-24(20)29)16-23(22)26(32)30-14-17-7-9-18(28)10-8-17/h3-13,22-23H,14-16H2,1-2H3,(H,30,32)/t22-,23-/m1/s1. The molecular weight excluding hydrogens is 454 g/mol. The smallest absolute Gasteiger partial charge is 0.256 e. The first-order valence-electron chi connectivity index (χ1n) is 11.2. The summed E-state index contributed by atoms with van der Waals surface area (Å²) in [6.45, 7) is 0.512. The van der Waals surface area contributed by atoms with Crippen LogP contribution in [0.3, 0.4) is 0 Å². The van der Waals surface area contributed by atoms with Crippen molar-refractivity contribution >= 4 is 11.8 Å². The highest BCUT2D eigenvalue weighted by Gasteiger charge is 2.42. The molecule has 1 heterocycles. The van der Waals surface area contributed by atoms with Gasteiger partial charge >= 0.3 is 0 Å². The Morgan fingerprint density at radius 2 is 1.71 bits per heavy atom. The third-order valence-corrected chi connectivity index (χ3v) is 6.26. The van der Waals surface area contributed by atoms with Crippen LogP contribution in [-0.4, -0.2) is 44.0 Å². The van der Waals surface area contributed by atoms with Gasteiger partial charge in [-0.05, 0) is 48.0 Å². The van der Waals surface area contributed by atoms with Crippen molar-refractivity contribution in [1.29, 1.82) is 0 Å². The highest BCUT2D eigenvalue weighted by atomic mass is 19.1. The fourth-order valence-electron chi connectivity index (χ4n) is 4.41. The maximum Gasteiger partial charge on any atom is 0.256 e. The van der Waals surface area contributed by atoms with Gasteiger partial charge < -0.3 is 19.7 Å². The molecule has 3 aromatic rings. The number of nitrogens with one attached hydrogen (secondary N) is 1. The van der Waals surface area contributed by atoms with Crippen LogP contribution in [0.5, 0.6) is 11.5 Å². The minimum absolute atomic E-state index is 0.0452. The third-order valence-electron chi connectivity index (χ3n) is 6.26. The lowest BCUT2D eigenvalue weighted by Gasteiger charge is -2.21. The molecule has 0 aliphatic carbocycles. The quantitative estimate of drug-likeness (QED) is 0.552. The van der Waals surface area contributed by atoms with Gasteiger partial charge in [0.15, 0.2) is 0 Å². The predicted octanol–water partition coefficient (Wildman–Crippen LogP) is 4.15. The van der Waals surface area contributed by atoms with Gasteiger partial charge in [-0.2, -0.15) is 0 Å². The molecule has 182 valence electrons. The topological polar surface area (TPSA) is 67.9 Å². The summed E-state index contributed by atoms with van der Waals surface area (Å²) in [5, 5.41) is 2.89. The van der Waals surface area contributed by atoms with Crippen molar-refractivity contribution in [2.45, 2.75) is 12.5 Å². The first-order chi connectivity index (χ1) is 16.9. The van der Waals surface area contributed by atoms with Crippen molar-refractivity contribution in [3.63, 3.8) is 0 Å². The minimum Gasteiger partial charge on any atom is -0.497 e. The van der Waals surface area contributed by atoms with Crippen molar-refractivity contribution in [2.24, 2.45) is 5.92 Å². The average molecular weight is 481 g/mol. The molecule has 1 fully saturated rings. The number of halogens is 2. The number of nitrogens with zero attached hydrogens (tertiary/aromatic N) is 1. The molecule has 1 N–H and O–H groups in total. The summed E-state index contributed by atoms with van der Waals surface area (Å²) >= 11 is 0. The molecule has 6 nitrogen and oxygen atoms in total. The van der Waals surface area contributed by atoms with Crippen molar-refractivity contribution in [2.75, 3.05) is 27.3 Å². The molecule has 0 unspecified atom stereocenters. The van der Waals surface area contributed by atoms with Crippen LogP contribution < -0.4 is 14.8 Å². The summed E-state index contributed by atoms with van der Waals surface area (Å²) < 4.78 is 38.5. The second kappa shape index (κ2) is 10.5. The van der Waals surface area contributed by atoms with Crippen LogP contribution >= 0.6 is 0 Å². The van der Waals surface area contributed by atoms with Crippen LogP contribution in [0.2, 0.25) is 0 Å². The fraction of sp³-hybridized carbons (Fsp3) is 0.259. The summed E-state index contributed by atoms with van der Waals surface area (Å²) in [7, 11) is 3.08. The van der Waals surface area contributed by atoms with Gasteiger partial charge in [-0.15, -0.1) is 0 Å². The molecule has 1 aliphatic rings. The molecule has 1 saturated heterocycles. The van der Waals surface area contributed by atoms with E-state index < -0.39 is 23.6 Å². The molecule has 0 aromatic heterocycles. The molecule has 0 bridgehead atoms. The largest absolute Gasteiger partial charge is 0.497 e. The normalized spacial score (nSPS) is 17.2. The highest BCUT2D eigenvalue weighted by Crippen LogP contribution is 2.40. The lowest BCUT2D eigenvalue weighted by Crippen LogP contribution is -2.35. The zero-order valence-corrected chi connectivity index (χ0v) is 19.5. The first-order valence-corrected chi connectivity index (χ1v) is 11.2. The average Bonchev–Trinajstić information content (AvgIpc) is 3.33. The molecule has 35 heavy (non-hydrogen) atoms. The Balaban J connectivity index is 1.63.